The summed E-state index contributed by atoms with van der Waals surface area (Å²) in [4.78, 5) is 16.2. The van der Waals surface area contributed by atoms with E-state index in [9.17, 15) is 4.79 Å². The van der Waals surface area contributed by atoms with Gasteiger partial charge in [-0.25, -0.2) is 0 Å². The lowest BCUT2D eigenvalue weighted by atomic mass is 9.92. The maximum atomic E-state index is 11.8. The largest absolute Gasteiger partial charge is 0.332 e. The van der Waals surface area contributed by atoms with Crippen LogP contribution < -0.4 is 5.73 Å². The second-order valence-corrected chi connectivity index (χ2v) is 6.00. The molecule has 0 aromatic heterocycles. The van der Waals surface area contributed by atoms with Crippen LogP contribution in [0.5, 0.6) is 0 Å². The molecule has 1 aromatic carbocycles. The van der Waals surface area contributed by atoms with Gasteiger partial charge in [-0.2, -0.15) is 0 Å². The fraction of sp³-hybridized carbons (Fsp3) is 0.533. The summed E-state index contributed by atoms with van der Waals surface area (Å²) in [5.41, 5.74) is 7.00. The number of hydrogen-bond acceptors (Lipinski definition) is 3. The number of amides is 1. The van der Waals surface area contributed by atoms with E-state index in [1.165, 1.54) is 5.56 Å². The van der Waals surface area contributed by atoms with Crippen molar-refractivity contribution in [2.45, 2.75) is 31.5 Å². The first-order chi connectivity index (χ1) is 9.08. The fourth-order valence-electron chi connectivity index (χ4n) is 3.17. The third-order valence-electron chi connectivity index (χ3n) is 4.39. The van der Waals surface area contributed by atoms with E-state index in [0.717, 1.165) is 26.1 Å². The highest BCUT2D eigenvalue weighted by Crippen LogP contribution is 2.32. The number of β-lactam (4-membered cyclic amide) rings is 1. The van der Waals surface area contributed by atoms with Crippen molar-refractivity contribution in [2.75, 3.05) is 19.6 Å². The van der Waals surface area contributed by atoms with Gasteiger partial charge in [0, 0.05) is 26.2 Å². The third-order valence-corrected chi connectivity index (χ3v) is 4.39. The molecule has 0 saturated carbocycles. The van der Waals surface area contributed by atoms with Gasteiger partial charge in [0.05, 0.1) is 5.54 Å². The molecule has 0 spiro atoms. The van der Waals surface area contributed by atoms with Gasteiger partial charge in [0.15, 0.2) is 0 Å². The van der Waals surface area contributed by atoms with Crippen molar-refractivity contribution in [1.82, 2.24) is 9.80 Å². The van der Waals surface area contributed by atoms with E-state index < -0.39 is 0 Å². The van der Waals surface area contributed by atoms with Crippen molar-refractivity contribution >= 4 is 5.91 Å². The average Bonchev–Trinajstić information content (AvgIpc) is 2.79. The molecule has 0 aliphatic carbocycles. The summed E-state index contributed by atoms with van der Waals surface area (Å²) in [5, 5.41) is 0. The Morgan fingerprint density at radius 3 is 2.74 bits per heavy atom. The molecule has 2 N–H and O–H groups in total. The number of rotatable bonds is 3. The monoisotopic (exact) mass is 259 g/mol. The number of likely N-dealkylation sites (tertiary alicyclic amines) is 2. The minimum atomic E-state index is -0.264. The molecule has 2 unspecified atom stereocenters. The average molecular weight is 259 g/mol. The van der Waals surface area contributed by atoms with E-state index in [1.807, 2.05) is 11.0 Å². The lowest BCUT2D eigenvalue weighted by Gasteiger charge is -2.47. The van der Waals surface area contributed by atoms with Crippen molar-refractivity contribution in [3.63, 3.8) is 0 Å². The molecule has 19 heavy (non-hydrogen) atoms. The molecule has 2 atom stereocenters. The number of benzene rings is 1. The standard InChI is InChI=1S/C15H21N3O/c1-15(18-10-13(16)14(18)19)7-8-17(11-15)9-12-5-3-2-4-6-12/h2-6,13H,7-11,16H2,1H3. The molecule has 2 heterocycles. The molecule has 4 nitrogen and oxygen atoms in total. The van der Waals surface area contributed by atoms with Crippen LogP contribution in [0, 0.1) is 0 Å². The summed E-state index contributed by atoms with van der Waals surface area (Å²) in [6.07, 6.45) is 1.04. The van der Waals surface area contributed by atoms with Crippen LogP contribution >= 0.6 is 0 Å². The normalized spacial score (nSPS) is 31.6. The smallest absolute Gasteiger partial charge is 0.241 e. The summed E-state index contributed by atoms with van der Waals surface area (Å²) in [5.74, 6) is 0.115. The first-order valence-electron chi connectivity index (χ1n) is 6.92. The molecule has 2 saturated heterocycles. The predicted molar refractivity (Wildman–Crippen MR) is 74.4 cm³/mol. The Morgan fingerprint density at radius 1 is 1.37 bits per heavy atom. The van der Waals surface area contributed by atoms with Gasteiger partial charge in [-0.15, -0.1) is 0 Å². The lowest BCUT2D eigenvalue weighted by Crippen LogP contribution is -2.68. The SMILES string of the molecule is CC1(N2CC(N)C2=O)CCN(Cc2ccccc2)C1. The van der Waals surface area contributed by atoms with Crippen molar-refractivity contribution in [1.29, 1.82) is 0 Å². The second kappa shape index (κ2) is 4.62. The van der Waals surface area contributed by atoms with Crippen LogP contribution in [0.15, 0.2) is 30.3 Å². The van der Waals surface area contributed by atoms with E-state index in [1.54, 1.807) is 0 Å². The Kier molecular flexibility index (Phi) is 3.07. The topological polar surface area (TPSA) is 49.6 Å². The Morgan fingerprint density at radius 2 is 2.11 bits per heavy atom. The molecule has 1 aromatic rings. The minimum absolute atomic E-state index is 0.0261. The van der Waals surface area contributed by atoms with Gasteiger partial charge in [-0.3, -0.25) is 9.69 Å². The van der Waals surface area contributed by atoms with Gasteiger partial charge in [-0.05, 0) is 18.9 Å². The summed E-state index contributed by atoms with van der Waals surface area (Å²) in [7, 11) is 0. The van der Waals surface area contributed by atoms with Crippen molar-refractivity contribution in [3.05, 3.63) is 35.9 Å². The van der Waals surface area contributed by atoms with Crippen LogP contribution in [0.3, 0.4) is 0 Å². The van der Waals surface area contributed by atoms with Gasteiger partial charge in [0.2, 0.25) is 5.91 Å². The molecule has 0 radical (unpaired) electrons. The zero-order valence-electron chi connectivity index (χ0n) is 11.4. The lowest BCUT2D eigenvalue weighted by molar-refractivity contribution is -0.150. The number of carbonyl (C=O) groups is 1. The van der Waals surface area contributed by atoms with Gasteiger partial charge in [-0.1, -0.05) is 30.3 Å². The molecular formula is C15H21N3O. The number of hydrogen-bond donors (Lipinski definition) is 1. The van der Waals surface area contributed by atoms with Crippen LogP contribution in [0.2, 0.25) is 0 Å². The predicted octanol–water partition coefficient (Wildman–Crippen LogP) is 0.821. The number of nitrogens with two attached hydrogens (primary N) is 1. The van der Waals surface area contributed by atoms with Crippen molar-refractivity contribution in [2.24, 2.45) is 5.73 Å². The Bertz CT molecular complexity index is 476. The zero-order chi connectivity index (χ0) is 13.5. The maximum absolute atomic E-state index is 11.8. The summed E-state index contributed by atoms with van der Waals surface area (Å²) < 4.78 is 0. The minimum Gasteiger partial charge on any atom is -0.332 e. The first-order valence-corrected chi connectivity index (χ1v) is 6.92. The van der Waals surface area contributed by atoms with E-state index in [4.69, 9.17) is 5.73 Å². The van der Waals surface area contributed by atoms with Crippen molar-refractivity contribution in [3.8, 4) is 0 Å². The molecule has 0 bridgehead atoms. The molecule has 2 aliphatic rings. The summed E-state index contributed by atoms with van der Waals surface area (Å²) in [6, 6.07) is 10.2. The molecule has 4 heteroatoms. The molecule has 3 rings (SSSR count). The Hall–Kier alpha value is -1.39. The molecule has 2 fully saturated rings. The second-order valence-electron chi connectivity index (χ2n) is 6.00. The quantitative estimate of drug-likeness (QED) is 0.818. The third kappa shape index (κ3) is 2.26. The number of carbonyl (C=O) groups excluding carboxylic acids is 1. The van der Waals surface area contributed by atoms with Crippen LogP contribution in [-0.4, -0.2) is 46.9 Å². The van der Waals surface area contributed by atoms with Crippen molar-refractivity contribution < 1.29 is 4.79 Å². The summed E-state index contributed by atoms with van der Waals surface area (Å²) >= 11 is 0. The van der Waals surface area contributed by atoms with E-state index in [-0.39, 0.29) is 17.5 Å². The van der Waals surface area contributed by atoms with E-state index in [0.29, 0.717) is 6.54 Å². The van der Waals surface area contributed by atoms with Crippen LogP contribution in [0.4, 0.5) is 0 Å². The zero-order valence-corrected chi connectivity index (χ0v) is 11.4. The fourth-order valence-corrected chi connectivity index (χ4v) is 3.17. The molecule has 2 aliphatic heterocycles. The van der Waals surface area contributed by atoms with Gasteiger partial charge >= 0.3 is 0 Å². The van der Waals surface area contributed by atoms with Crippen LogP contribution in [0.1, 0.15) is 18.9 Å². The highest BCUT2D eigenvalue weighted by Gasteiger charge is 2.48. The molecule has 102 valence electrons. The van der Waals surface area contributed by atoms with E-state index >= 15 is 0 Å². The van der Waals surface area contributed by atoms with Crippen LogP contribution in [0.25, 0.3) is 0 Å². The van der Waals surface area contributed by atoms with E-state index in [2.05, 4.69) is 36.1 Å². The molecular weight excluding hydrogens is 238 g/mol. The number of nitrogens with zero attached hydrogens (tertiary/aromatic N) is 2. The Labute approximate surface area is 114 Å². The highest BCUT2D eigenvalue weighted by atomic mass is 16.2. The summed E-state index contributed by atoms with van der Waals surface area (Å²) in [6.45, 7) is 5.85. The maximum Gasteiger partial charge on any atom is 0.241 e. The van der Waals surface area contributed by atoms with Gasteiger partial charge in [0.1, 0.15) is 6.04 Å². The van der Waals surface area contributed by atoms with Gasteiger partial charge in [0.25, 0.3) is 0 Å². The highest BCUT2D eigenvalue weighted by molar-refractivity contribution is 5.88. The first kappa shape index (κ1) is 12.6. The Balaban J connectivity index is 1.62. The molecule has 1 amide bonds. The van der Waals surface area contributed by atoms with Crippen LogP contribution in [-0.2, 0) is 11.3 Å². The van der Waals surface area contributed by atoms with Gasteiger partial charge < -0.3 is 10.6 Å².